The van der Waals surface area contributed by atoms with Crippen LogP contribution in [0.1, 0.15) is 45.4 Å². The summed E-state index contributed by atoms with van der Waals surface area (Å²) in [4.78, 5) is 26.4. The van der Waals surface area contributed by atoms with Crippen molar-refractivity contribution < 1.29 is 9.59 Å². The van der Waals surface area contributed by atoms with E-state index in [1.807, 2.05) is 0 Å². The summed E-state index contributed by atoms with van der Waals surface area (Å²) in [7, 11) is 0. The molecule has 3 aliphatic rings. The lowest BCUT2D eigenvalue weighted by atomic mass is 9.89. The molecule has 2 aliphatic carbocycles. The fourth-order valence-corrected chi connectivity index (χ4v) is 4.09. The lowest BCUT2D eigenvalue weighted by Crippen LogP contribution is -2.52. The third-order valence-corrected chi connectivity index (χ3v) is 5.02. The first-order chi connectivity index (χ1) is 8.59. The van der Waals surface area contributed by atoms with Gasteiger partial charge in [-0.25, -0.2) is 0 Å². The van der Waals surface area contributed by atoms with Gasteiger partial charge in [0, 0.05) is 6.04 Å². The van der Waals surface area contributed by atoms with Crippen LogP contribution in [-0.2, 0) is 9.59 Å². The number of carbonyl (C=O) groups is 2. The van der Waals surface area contributed by atoms with Gasteiger partial charge in [0.25, 0.3) is 0 Å². The SMILES string of the molecule is CC1CC2C(=O)N([C@@H]3CCCC[C@H]3N)C(=O)C2C1. The molecule has 100 valence electrons. The van der Waals surface area contributed by atoms with Gasteiger partial charge in [0.15, 0.2) is 0 Å². The molecule has 1 heterocycles. The number of amides is 2. The van der Waals surface area contributed by atoms with Crippen LogP contribution < -0.4 is 5.73 Å². The molecule has 2 unspecified atom stereocenters. The Morgan fingerprint density at radius 1 is 1.06 bits per heavy atom. The largest absolute Gasteiger partial charge is 0.326 e. The fraction of sp³-hybridized carbons (Fsp3) is 0.857. The third-order valence-electron chi connectivity index (χ3n) is 5.02. The van der Waals surface area contributed by atoms with Gasteiger partial charge in [-0.15, -0.1) is 0 Å². The summed E-state index contributed by atoms with van der Waals surface area (Å²) in [5.41, 5.74) is 6.11. The molecule has 2 saturated carbocycles. The summed E-state index contributed by atoms with van der Waals surface area (Å²) >= 11 is 0. The van der Waals surface area contributed by atoms with Gasteiger partial charge >= 0.3 is 0 Å². The highest BCUT2D eigenvalue weighted by molar-refractivity contribution is 6.05. The normalized spacial score (nSPS) is 44.6. The molecule has 2 N–H and O–H groups in total. The monoisotopic (exact) mass is 250 g/mol. The smallest absolute Gasteiger partial charge is 0.233 e. The summed E-state index contributed by atoms with van der Waals surface area (Å²) in [5, 5.41) is 0. The number of carbonyl (C=O) groups excluding carboxylic acids is 2. The Labute approximate surface area is 108 Å². The van der Waals surface area contributed by atoms with Gasteiger partial charge in [-0.1, -0.05) is 19.8 Å². The molecule has 1 aliphatic heterocycles. The van der Waals surface area contributed by atoms with Gasteiger partial charge < -0.3 is 5.73 Å². The summed E-state index contributed by atoms with van der Waals surface area (Å²) in [6.07, 6.45) is 5.81. The Morgan fingerprint density at radius 3 is 2.17 bits per heavy atom. The Balaban J connectivity index is 1.82. The molecular weight excluding hydrogens is 228 g/mol. The average Bonchev–Trinajstić information content (AvgIpc) is 2.82. The van der Waals surface area contributed by atoms with Crippen LogP contribution in [-0.4, -0.2) is 28.8 Å². The molecule has 0 spiro atoms. The first kappa shape index (κ1) is 12.2. The van der Waals surface area contributed by atoms with Crippen LogP contribution in [0.5, 0.6) is 0 Å². The van der Waals surface area contributed by atoms with E-state index in [1.54, 1.807) is 4.90 Å². The number of nitrogens with two attached hydrogens (primary N) is 1. The van der Waals surface area contributed by atoms with Crippen LogP contribution in [0.25, 0.3) is 0 Å². The van der Waals surface area contributed by atoms with E-state index in [9.17, 15) is 9.59 Å². The molecule has 0 radical (unpaired) electrons. The van der Waals surface area contributed by atoms with Crippen molar-refractivity contribution in [3.63, 3.8) is 0 Å². The molecule has 0 aromatic rings. The van der Waals surface area contributed by atoms with Gasteiger partial charge in [0.05, 0.1) is 17.9 Å². The second kappa shape index (κ2) is 4.34. The molecule has 3 fully saturated rings. The lowest BCUT2D eigenvalue weighted by molar-refractivity contribution is -0.144. The van der Waals surface area contributed by atoms with Gasteiger partial charge in [0.1, 0.15) is 0 Å². The topological polar surface area (TPSA) is 63.4 Å². The summed E-state index contributed by atoms with van der Waals surface area (Å²) in [6, 6.07) is -0.0393. The maximum atomic E-state index is 12.4. The average molecular weight is 250 g/mol. The molecule has 2 amide bonds. The van der Waals surface area contributed by atoms with Crippen molar-refractivity contribution in [1.82, 2.24) is 4.90 Å². The van der Waals surface area contributed by atoms with Crippen molar-refractivity contribution in [2.45, 2.75) is 57.5 Å². The number of nitrogens with zero attached hydrogens (tertiary/aromatic N) is 1. The van der Waals surface area contributed by atoms with Crippen LogP contribution in [0, 0.1) is 17.8 Å². The van der Waals surface area contributed by atoms with Gasteiger partial charge in [0.2, 0.25) is 11.8 Å². The Kier molecular flexibility index (Phi) is 2.93. The minimum atomic E-state index is -0.0402. The zero-order valence-corrected chi connectivity index (χ0v) is 11.0. The Bertz CT molecular complexity index is 358. The van der Waals surface area contributed by atoms with Crippen molar-refractivity contribution in [3.05, 3.63) is 0 Å². The van der Waals surface area contributed by atoms with Gasteiger partial charge in [-0.05, 0) is 31.6 Å². The number of hydrogen-bond acceptors (Lipinski definition) is 3. The zero-order chi connectivity index (χ0) is 12.9. The number of imide groups is 1. The van der Waals surface area contributed by atoms with Crippen LogP contribution >= 0.6 is 0 Å². The molecule has 4 nitrogen and oxygen atoms in total. The molecule has 0 bridgehead atoms. The lowest BCUT2D eigenvalue weighted by Gasteiger charge is -2.35. The molecule has 4 atom stereocenters. The maximum Gasteiger partial charge on any atom is 0.233 e. The predicted molar refractivity (Wildman–Crippen MR) is 67.5 cm³/mol. The van der Waals surface area contributed by atoms with E-state index in [2.05, 4.69) is 6.92 Å². The van der Waals surface area contributed by atoms with E-state index in [0.29, 0.717) is 5.92 Å². The highest BCUT2D eigenvalue weighted by Gasteiger charge is 2.54. The van der Waals surface area contributed by atoms with Crippen molar-refractivity contribution in [3.8, 4) is 0 Å². The predicted octanol–water partition coefficient (Wildman–Crippen LogP) is 1.29. The molecule has 4 heteroatoms. The number of fused-ring (bicyclic) bond motifs is 1. The van der Waals surface area contributed by atoms with Crippen molar-refractivity contribution >= 4 is 11.8 Å². The molecule has 0 aromatic heterocycles. The van der Waals surface area contributed by atoms with E-state index in [-0.39, 0.29) is 35.7 Å². The number of rotatable bonds is 1. The minimum Gasteiger partial charge on any atom is -0.326 e. The highest BCUT2D eigenvalue weighted by Crippen LogP contribution is 2.44. The quantitative estimate of drug-likeness (QED) is 0.713. The Morgan fingerprint density at radius 2 is 1.61 bits per heavy atom. The van der Waals surface area contributed by atoms with E-state index in [1.165, 1.54) is 0 Å². The third kappa shape index (κ3) is 1.69. The fourth-order valence-electron chi connectivity index (χ4n) is 4.09. The number of hydrogen-bond donors (Lipinski definition) is 1. The first-order valence-corrected chi connectivity index (χ1v) is 7.22. The van der Waals surface area contributed by atoms with Crippen molar-refractivity contribution in [2.75, 3.05) is 0 Å². The van der Waals surface area contributed by atoms with Gasteiger partial charge in [-0.2, -0.15) is 0 Å². The molecule has 1 saturated heterocycles. The van der Waals surface area contributed by atoms with E-state index in [4.69, 9.17) is 5.73 Å². The highest BCUT2D eigenvalue weighted by atomic mass is 16.2. The summed E-state index contributed by atoms with van der Waals surface area (Å²) in [6.45, 7) is 2.13. The zero-order valence-electron chi connectivity index (χ0n) is 11.0. The minimum absolute atomic E-state index is 0.0112. The summed E-state index contributed by atoms with van der Waals surface area (Å²) < 4.78 is 0. The van der Waals surface area contributed by atoms with Crippen LogP contribution in [0.3, 0.4) is 0 Å². The second-order valence-electron chi connectivity index (χ2n) is 6.35. The standard InChI is InChI=1S/C14H22N2O2/c1-8-6-9-10(7-8)14(18)16(13(9)17)12-5-3-2-4-11(12)15/h8-12H,2-7,15H2,1H3/t8?,9?,10?,11-,12-/m1/s1. The first-order valence-electron chi connectivity index (χ1n) is 7.22. The van der Waals surface area contributed by atoms with E-state index >= 15 is 0 Å². The van der Waals surface area contributed by atoms with Gasteiger partial charge in [-0.3, -0.25) is 14.5 Å². The van der Waals surface area contributed by atoms with Crippen LogP contribution in [0.2, 0.25) is 0 Å². The molecule has 18 heavy (non-hydrogen) atoms. The van der Waals surface area contributed by atoms with E-state index < -0.39 is 0 Å². The maximum absolute atomic E-state index is 12.4. The van der Waals surface area contributed by atoms with Crippen molar-refractivity contribution in [2.24, 2.45) is 23.5 Å². The molecule has 3 rings (SSSR count). The van der Waals surface area contributed by atoms with Crippen LogP contribution in [0.15, 0.2) is 0 Å². The molecule has 0 aromatic carbocycles. The molecular formula is C14H22N2O2. The summed E-state index contributed by atoms with van der Waals surface area (Å²) in [5.74, 6) is 0.562. The number of likely N-dealkylation sites (tertiary alicyclic amines) is 1. The Hall–Kier alpha value is -0.900. The van der Waals surface area contributed by atoms with E-state index in [0.717, 1.165) is 38.5 Å². The van der Waals surface area contributed by atoms with Crippen molar-refractivity contribution in [1.29, 1.82) is 0 Å². The van der Waals surface area contributed by atoms with Crippen LogP contribution in [0.4, 0.5) is 0 Å². The second-order valence-corrected chi connectivity index (χ2v) is 6.35.